The average molecular weight is 267 g/mol. The molecule has 0 spiro atoms. The number of hydrogen-bond donors (Lipinski definition) is 1. The zero-order valence-electron chi connectivity index (χ0n) is 11.4. The molecule has 6 nitrogen and oxygen atoms in total. The second-order valence-electron chi connectivity index (χ2n) is 5.12. The van der Waals surface area contributed by atoms with Crippen LogP contribution in [0.4, 0.5) is 5.69 Å². The van der Waals surface area contributed by atoms with Gasteiger partial charge >= 0.3 is 11.7 Å². The van der Waals surface area contributed by atoms with Gasteiger partial charge in [0, 0.05) is 6.07 Å². The Kier molecular flexibility index (Phi) is 4.14. The van der Waals surface area contributed by atoms with Crippen LogP contribution in [0.2, 0.25) is 0 Å². The number of nitro benzene ring substituents is 1. The molecule has 19 heavy (non-hydrogen) atoms. The lowest BCUT2D eigenvalue weighted by Crippen LogP contribution is -2.15. The largest absolute Gasteiger partial charge is 0.487 e. The van der Waals surface area contributed by atoms with Crippen molar-refractivity contribution in [2.75, 3.05) is 6.61 Å². The number of aromatic carboxylic acids is 1. The lowest BCUT2D eigenvalue weighted by molar-refractivity contribution is -0.386. The molecule has 104 valence electrons. The van der Waals surface area contributed by atoms with E-state index in [1.54, 1.807) is 6.92 Å². The molecule has 0 atom stereocenters. The van der Waals surface area contributed by atoms with Crippen LogP contribution in [0.5, 0.6) is 5.75 Å². The van der Waals surface area contributed by atoms with Crippen molar-refractivity contribution in [3.8, 4) is 5.75 Å². The van der Waals surface area contributed by atoms with Crippen molar-refractivity contribution in [1.29, 1.82) is 0 Å². The molecule has 1 aromatic rings. The molecule has 0 amide bonds. The Balaban J connectivity index is 3.62. The number of ether oxygens (including phenoxy) is 1. The number of carboxylic acids is 1. The van der Waals surface area contributed by atoms with E-state index in [1.807, 2.05) is 20.8 Å². The van der Waals surface area contributed by atoms with Gasteiger partial charge in [-0.1, -0.05) is 20.8 Å². The summed E-state index contributed by atoms with van der Waals surface area (Å²) in [6, 6.07) is 2.80. The van der Waals surface area contributed by atoms with E-state index in [4.69, 9.17) is 4.74 Å². The summed E-state index contributed by atoms with van der Waals surface area (Å²) in [5.74, 6) is -1.43. The minimum absolute atomic E-state index is 0.163. The van der Waals surface area contributed by atoms with Crippen molar-refractivity contribution >= 4 is 11.7 Å². The van der Waals surface area contributed by atoms with Gasteiger partial charge in [-0.3, -0.25) is 10.1 Å². The van der Waals surface area contributed by atoms with Crippen molar-refractivity contribution in [1.82, 2.24) is 0 Å². The highest BCUT2D eigenvalue weighted by Crippen LogP contribution is 2.36. The number of carboxylic acid groups (broad SMARTS) is 1. The second kappa shape index (κ2) is 5.26. The highest BCUT2D eigenvalue weighted by atomic mass is 16.6. The fourth-order valence-electron chi connectivity index (χ4n) is 1.64. The Morgan fingerprint density at radius 1 is 1.42 bits per heavy atom. The van der Waals surface area contributed by atoms with Gasteiger partial charge in [0.05, 0.1) is 11.5 Å². The summed E-state index contributed by atoms with van der Waals surface area (Å²) in [6.45, 7) is 7.39. The minimum atomic E-state index is -1.24. The standard InChI is InChI=1S/C13H17NO5/c1-5-19-11-9(12(15)16)6-8(13(2,3)4)7-10(11)14(17)18/h6-7H,5H2,1-4H3,(H,15,16). The van der Waals surface area contributed by atoms with Crippen LogP contribution >= 0.6 is 0 Å². The molecular formula is C13H17NO5. The zero-order valence-corrected chi connectivity index (χ0v) is 11.4. The van der Waals surface area contributed by atoms with Crippen molar-refractivity contribution in [2.45, 2.75) is 33.1 Å². The van der Waals surface area contributed by atoms with E-state index in [2.05, 4.69) is 0 Å². The molecule has 1 rings (SSSR count). The van der Waals surface area contributed by atoms with Gasteiger partial charge in [0.25, 0.3) is 0 Å². The van der Waals surface area contributed by atoms with E-state index < -0.39 is 10.9 Å². The van der Waals surface area contributed by atoms with Gasteiger partial charge in [0.2, 0.25) is 5.75 Å². The molecule has 0 aromatic heterocycles. The molecule has 0 fully saturated rings. The molecule has 0 saturated carbocycles. The van der Waals surface area contributed by atoms with Crippen molar-refractivity contribution in [3.05, 3.63) is 33.4 Å². The predicted molar refractivity (Wildman–Crippen MR) is 69.9 cm³/mol. The fraction of sp³-hybridized carbons (Fsp3) is 0.462. The van der Waals surface area contributed by atoms with Gasteiger partial charge < -0.3 is 9.84 Å². The van der Waals surface area contributed by atoms with Crippen LogP contribution in [0, 0.1) is 10.1 Å². The van der Waals surface area contributed by atoms with Crippen molar-refractivity contribution < 1.29 is 19.6 Å². The number of hydrogen-bond acceptors (Lipinski definition) is 4. The van der Waals surface area contributed by atoms with Gasteiger partial charge in [-0.05, 0) is 24.0 Å². The van der Waals surface area contributed by atoms with E-state index in [9.17, 15) is 20.0 Å². The van der Waals surface area contributed by atoms with Gasteiger partial charge in [-0.2, -0.15) is 0 Å². The third kappa shape index (κ3) is 3.21. The van der Waals surface area contributed by atoms with Gasteiger partial charge in [0.1, 0.15) is 5.56 Å². The van der Waals surface area contributed by atoms with E-state index >= 15 is 0 Å². The van der Waals surface area contributed by atoms with Crippen molar-refractivity contribution in [2.24, 2.45) is 0 Å². The van der Waals surface area contributed by atoms with Crippen LogP contribution in [0.25, 0.3) is 0 Å². The third-order valence-corrected chi connectivity index (χ3v) is 2.65. The Morgan fingerprint density at radius 2 is 2.00 bits per heavy atom. The van der Waals surface area contributed by atoms with Gasteiger partial charge in [0.15, 0.2) is 0 Å². The molecule has 0 heterocycles. The Morgan fingerprint density at radius 3 is 2.37 bits per heavy atom. The SMILES string of the molecule is CCOc1c(C(=O)O)cc(C(C)(C)C)cc1[N+](=O)[O-]. The summed E-state index contributed by atoms with van der Waals surface area (Å²) < 4.78 is 5.14. The molecule has 0 unspecified atom stereocenters. The number of nitrogens with zero attached hydrogens (tertiary/aromatic N) is 1. The number of rotatable bonds is 4. The number of carbonyl (C=O) groups is 1. The first-order valence-corrected chi connectivity index (χ1v) is 5.87. The first kappa shape index (κ1) is 14.9. The third-order valence-electron chi connectivity index (χ3n) is 2.65. The summed E-state index contributed by atoms with van der Waals surface area (Å²) in [5, 5.41) is 20.3. The maximum Gasteiger partial charge on any atom is 0.339 e. The van der Waals surface area contributed by atoms with Gasteiger partial charge in [-0.25, -0.2) is 4.79 Å². The van der Waals surface area contributed by atoms with Crippen LogP contribution in [-0.2, 0) is 5.41 Å². The van der Waals surface area contributed by atoms with Crippen LogP contribution < -0.4 is 4.74 Å². The van der Waals surface area contributed by atoms with Crippen molar-refractivity contribution in [3.63, 3.8) is 0 Å². The zero-order chi connectivity index (χ0) is 14.8. The van der Waals surface area contributed by atoms with Crippen LogP contribution in [0.1, 0.15) is 43.6 Å². The molecule has 0 aliphatic carbocycles. The quantitative estimate of drug-likeness (QED) is 0.669. The number of benzene rings is 1. The average Bonchev–Trinajstić information content (AvgIpc) is 2.27. The maximum atomic E-state index is 11.2. The monoisotopic (exact) mass is 267 g/mol. The topological polar surface area (TPSA) is 89.7 Å². The molecule has 0 bridgehead atoms. The van der Waals surface area contributed by atoms with E-state index in [-0.39, 0.29) is 29.0 Å². The molecule has 0 aliphatic rings. The summed E-state index contributed by atoms with van der Waals surface area (Å²) in [7, 11) is 0. The van der Waals surface area contributed by atoms with Gasteiger partial charge in [-0.15, -0.1) is 0 Å². The highest BCUT2D eigenvalue weighted by Gasteiger charge is 2.28. The lowest BCUT2D eigenvalue weighted by Gasteiger charge is -2.20. The lowest BCUT2D eigenvalue weighted by atomic mass is 9.85. The summed E-state index contributed by atoms with van der Waals surface area (Å²) in [6.07, 6.45) is 0. The molecule has 1 N–H and O–H groups in total. The summed E-state index contributed by atoms with van der Waals surface area (Å²) in [5.41, 5.74) is -0.299. The fourth-order valence-corrected chi connectivity index (χ4v) is 1.64. The predicted octanol–water partition coefficient (Wildman–Crippen LogP) is 2.99. The van der Waals surface area contributed by atoms with Crippen LogP contribution in [0.3, 0.4) is 0 Å². The first-order chi connectivity index (χ1) is 8.68. The Bertz CT molecular complexity index is 481. The van der Waals surface area contributed by atoms with Crippen LogP contribution in [-0.4, -0.2) is 22.6 Å². The molecular weight excluding hydrogens is 250 g/mol. The van der Waals surface area contributed by atoms with E-state index in [0.717, 1.165) is 0 Å². The molecule has 0 saturated heterocycles. The molecule has 0 radical (unpaired) electrons. The smallest absolute Gasteiger partial charge is 0.339 e. The van der Waals surface area contributed by atoms with E-state index in [0.29, 0.717) is 5.56 Å². The summed E-state index contributed by atoms with van der Waals surface area (Å²) in [4.78, 5) is 21.7. The highest BCUT2D eigenvalue weighted by molar-refractivity contribution is 5.93. The molecule has 1 aromatic carbocycles. The number of nitro groups is 1. The normalized spacial score (nSPS) is 11.2. The first-order valence-electron chi connectivity index (χ1n) is 5.87. The van der Waals surface area contributed by atoms with E-state index in [1.165, 1.54) is 12.1 Å². The molecule has 6 heteroatoms. The Hall–Kier alpha value is -2.11. The Labute approximate surface area is 111 Å². The second-order valence-corrected chi connectivity index (χ2v) is 5.12. The minimum Gasteiger partial charge on any atom is -0.487 e. The summed E-state index contributed by atoms with van der Waals surface area (Å²) >= 11 is 0. The van der Waals surface area contributed by atoms with Crippen LogP contribution in [0.15, 0.2) is 12.1 Å². The maximum absolute atomic E-state index is 11.2. The molecule has 0 aliphatic heterocycles.